The molecule has 0 saturated carbocycles. The number of hydrogen-bond acceptors (Lipinski definition) is 5. The number of pyridine rings is 1. The summed E-state index contributed by atoms with van der Waals surface area (Å²) in [6, 6.07) is 2.85. The highest BCUT2D eigenvalue weighted by atomic mass is 19.4. The zero-order valence-electron chi connectivity index (χ0n) is 12.7. The van der Waals surface area contributed by atoms with Crippen LogP contribution in [-0.2, 0) is 14.3 Å². The number of aliphatic carboxylic acids is 1. The lowest BCUT2D eigenvalue weighted by atomic mass is 9.76. The zero-order valence-corrected chi connectivity index (χ0v) is 12.7. The van der Waals surface area contributed by atoms with Crippen LogP contribution in [0.25, 0.3) is 0 Å². The molecule has 0 aromatic carbocycles. The first-order chi connectivity index (χ1) is 11.2. The lowest BCUT2D eigenvalue weighted by molar-refractivity contribution is -0.141. The maximum atomic E-state index is 13.3. The highest BCUT2D eigenvalue weighted by molar-refractivity contribution is 6.06. The fourth-order valence-electron chi connectivity index (χ4n) is 2.65. The summed E-state index contributed by atoms with van der Waals surface area (Å²) in [5.74, 6) is -5.52. The van der Waals surface area contributed by atoms with Gasteiger partial charge in [-0.15, -0.1) is 0 Å². The molecule has 0 aliphatic carbocycles. The fraction of sp³-hybridized carbons (Fsp3) is 0.333. The predicted octanol–water partition coefficient (Wildman–Crippen LogP) is 2.33. The van der Waals surface area contributed by atoms with E-state index >= 15 is 0 Å². The van der Waals surface area contributed by atoms with Crippen LogP contribution in [0, 0.1) is 5.92 Å². The van der Waals surface area contributed by atoms with E-state index in [1.54, 1.807) is 0 Å². The molecule has 9 heteroatoms. The first-order valence-electron chi connectivity index (χ1n) is 6.76. The highest BCUT2D eigenvalue weighted by Gasteiger charge is 2.49. The molecule has 6 nitrogen and oxygen atoms in total. The summed E-state index contributed by atoms with van der Waals surface area (Å²) >= 11 is 0. The average molecular weight is 342 g/mol. The van der Waals surface area contributed by atoms with Crippen LogP contribution in [0.15, 0.2) is 40.8 Å². The Balaban J connectivity index is 2.80. The smallest absolute Gasteiger partial charge is 0.433 e. The summed E-state index contributed by atoms with van der Waals surface area (Å²) in [5, 5.41) is 9.44. The number of carbonyl (C=O) groups excluding carboxylic acids is 1. The Bertz CT molecular complexity index is 726. The number of nitrogens with zero attached hydrogens (tertiary/aromatic N) is 2. The van der Waals surface area contributed by atoms with Crippen LogP contribution < -0.4 is 0 Å². The molecule has 2 unspecified atom stereocenters. The Morgan fingerprint density at radius 3 is 2.46 bits per heavy atom. The Morgan fingerprint density at radius 2 is 2.00 bits per heavy atom. The lowest BCUT2D eigenvalue weighted by Crippen LogP contribution is -2.37. The van der Waals surface area contributed by atoms with Gasteiger partial charge in [-0.2, -0.15) is 13.2 Å². The van der Waals surface area contributed by atoms with E-state index < -0.39 is 41.2 Å². The Kier molecular flexibility index (Phi) is 4.72. The van der Waals surface area contributed by atoms with E-state index in [0.717, 1.165) is 7.11 Å². The van der Waals surface area contributed by atoms with Crippen molar-refractivity contribution in [3.8, 4) is 0 Å². The number of hydrogen-bond donors (Lipinski definition) is 1. The topological polar surface area (TPSA) is 88.8 Å². The molecule has 0 fully saturated rings. The number of aromatic nitrogens is 1. The number of methoxy groups -OCH3 is 1. The molecule has 24 heavy (non-hydrogen) atoms. The maximum absolute atomic E-state index is 13.3. The van der Waals surface area contributed by atoms with Gasteiger partial charge >= 0.3 is 18.1 Å². The molecular formula is C15H13F3N2O4. The first-order valence-corrected chi connectivity index (χ1v) is 6.76. The van der Waals surface area contributed by atoms with E-state index in [1.165, 1.54) is 31.5 Å². The van der Waals surface area contributed by atoms with Crippen molar-refractivity contribution >= 4 is 17.7 Å². The van der Waals surface area contributed by atoms with Gasteiger partial charge < -0.3 is 9.84 Å². The number of carbonyl (C=O) groups is 2. The number of esters is 1. The standard InChI is InChI=1S/C15H13F3N2O4/c1-7-9(13(21)22)10(8-4-3-5-19-6-8)11(14(23)24-2)12(20-7)15(16,17)18/h3-6,9-10H,1-2H3,(H,21,22). The van der Waals surface area contributed by atoms with Gasteiger partial charge in [-0.05, 0) is 18.6 Å². The molecule has 1 N–H and O–H groups in total. The minimum atomic E-state index is -4.94. The summed E-state index contributed by atoms with van der Waals surface area (Å²) < 4.78 is 44.5. The Hall–Kier alpha value is -2.71. The summed E-state index contributed by atoms with van der Waals surface area (Å²) in [6.45, 7) is 1.18. The van der Waals surface area contributed by atoms with Crippen LogP contribution in [0.4, 0.5) is 13.2 Å². The van der Waals surface area contributed by atoms with Crippen molar-refractivity contribution in [2.75, 3.05) is 7.11 Å². The molecule has 0 radical (unpaired) electrons. The monoisotopic (exact) mass is 342 g/mol. The summed E-state index contributed by atoms with van der Waals surface area (Å²) in [4.78, 5) is 30.8. The number of alkyl halides is 3. The van der Waals surface area contributed by atoms with Crippen LogP contribution in [-0.4, -0.2) is 41.0 Å². The Labute approximate surface area is 134 Å². The van der Waals surface area contributed by atoms with E-state index in [9.17, 15) is 27.9 Å². The number of allylic oxidation sites excluding steroid dienone is 1. The van der Waals surface area contributed by atoms with E-state index in [2.05, 4.69) is 14.7 Å². The van der Waals surface area contributed by atoms with Crippen molar-refractivity contribution < 1.29 is 32.6 Å². The van der Waals surface area contributed by atoms with Gasteiger partial charge in [0, 0.05) is 24.0 Å². The first kappa shape index (κ1) is 17.6. The molecule has 1 aliphatic heterocycles. The van der Waals surface area contributed by atoms with Crippen LogP contribution in [0.3, 0.4) is 0 Å². The van der Waals surface area contributed by atoms with E-state index in [1.807, 2.05) is 0 Å². The van der Waals surface area contributed by atoms with Gasteiger partial charge in [0.2, 0.25) is 0 Å². The molecule has 0 amide bonds. The largest absolute Gasteiger partial charge is 0.481 e. The molecule has 1 aromatic rings. The van der Waals surface area contributed by atoms with Crippen molar-refractivity contribution in [2.24, 2.45) is 10.9 Å². The minimum absolute atomic E-state index is 0.154. The van der Waals surface area contributed by atoms with Crippen molar-refractivity contribution in [2.45, 2.75) is 19.0 Å². The van der Waals surface area contributed by atoms with Gasteiger partial charge in [-0.25, -0.2) is 4.79 Å². The average Bonchev–Trinajstić information content (AvgIpc) is 2.52. The number of carboxylic acid groups (broad SMARTS) is 1. The number of rotatable bonds is 3. The molecule has 1 aromatic heterocycles. The van der Waals surface area contributed by atoms with Crippen molar-refractivity contribution in [3.05, 3.63) is 41.4 Å². The zero-order chi connectivity index (χ0) is 18.1. The molecule has 0 spiro atoms. The molecule has 2 rings (SSSR count). The van der Waals surface area contributed by atoms with Gasteiger partial charge in [0.15, 0.2) is 5.70 Å². The SMILES string of the molecule is COC(=O)C1=C(C(F)(F)F)N=C(C)C(C(=O)O)C1c1cccnc1. The van der Waals surface area contributed by atoms with E-state index in [0.29, 0.717) is 0 Å². The van der Waals surface area contributed by atoms with Crippen LogP contribution >= 0.6 is 0 Å². The second-order valence-electron chi connectivity index (χ2n) is 5.08. The lowest BCUT2D eigenvalue weighted by Gasteiger charge is -2.31. The fourth-order valence-corrected chi connectivity index (χ4v) is 2.65. The summed E-state index contributed by atoms with van der Waals surface area (Å²) in [6.07, 6.45) is -2.33. The summed E-state index contributed by atoms with van der Waals surface area (Å²) in [5.41, 5.74) is -2.38. The number of aliphatic imine (C=N–C) groups is 1. The number of carboxylic acids is 1. The van der Waals surface area contributed by atoms with Gasteiger partial charge in [0.25, 0.3) is 0 Å². The molecule has 128 valence electrons. The number of halogens is 3. The highest BCUT2D eigenvalue weighted by Crippen LogP contribution is 2.44. The third-order valence-corrected chi connectivity index (χ3v) is 3.62. The summed E-state index contributed by atoms with van der Waals surface area (Å²) in [7, 11) is 0.921. The molecule has 2 atom stereocenters. The quantitative estimate of drug-likeness (QED) is 0.852. The minimum Gasteiger partial charge on any atom is -0.481 e. The predicted molar refractivity (Wildman–Crippen MR) is 76.3 cm³/mol. The van der Waals surface area contributed by atoms with Crippen LogP contribution in [0.2, 0.25) is 0 Å². The van der Waals surface area contributed by atoms with Crippen LogP contribution in [0.1, 0.15) is 18.4 Å². The maximum Gasteiger partial charge on any atom is 0.433 e. The third kappa shape index (κ3) is 3.15. The van der Waals surface area contributed by atoms with Crippen molar-refractivity contribution in [1.82, 2.24) is 4.98 Å². The molecular weight excluding hydrogens is 329 g/mol. The van der Waals surface area contributed by atoms with E-state index in [-0.39, 0.29) is 11.3 Å². The molecule has 0 bridgehead atoms. The van der Waals surface area contributed by atoms with Gasteiger partial charge in [0.1, 0.15) is 5.92 Å². The van der Waals surface area contributed by atoms with Crippen molar-refractivity contribution in [3.63, 3.8) is 0 Å². The normalized spacial score (nSPS) is 21.3. The molecule has 2 heterocycles. The van der Waals surface area contributed by atoms with E-state index in [4.69, 9.17) is 0 Å². The number of ether oxygens (including phenoxy) is 1. The van der Waals surface area contributed by atoms with Crippen molar-refractivity contribution in [1.29, 1.82) is 0 Å². The van der Waals surface area contributed by atoms with Gasteiger partial charge in [0.05, 0.1) is 12.7 Å². The Morgan fingerprint density at radius 1 is 1.33 bits per heavy atom. The van der Waals surface area contributed by atoms with Crippen LogP contribution in [0.5, 0.6) is 0 Å². The van der Waals surface area contributed by atoms with Gasteiger partial charge in [-0.3, -0.25) is 14.8 Å². The third-order valence-electron chi connectivity index (χ3n) is 3.62. The second-order valence-corrected chi connectivity index (χ2v) is 5.08. The van der Waals surface area contributed by atoms with Gasteiger partial charge in [-0.1, -0.05) is 6.07 Å². The second kappa shape index (κ2) is 6.42. The molecule has 0 saturated heterocycles. The molecule has 1 aliphatic rings.